The summed E-state index contributed by atoms with van der Waals surface area (Å²) in [6.07, 6.45) is 5.39. The van der Waals surface area contributed by atoms with E-state index in [1.54, 1.807) is 35.1 Å². The summed E-state index contributed by atoms with van der Waals surface area (Å²) in [7, 11) is 1.51. The maximum atomic E-state index is 9.60. The smallest absolute Gasteiger partial charge is 0.161 e. The van der Waals surface area contributed by atoms with Gasteiger partial charge in [-0.15, -0.1) is 0 Å². The first-order chi connectivity index (χ1) is 11.2. The van der Waals surface area contributed by atoms with Gasteiger partial charge in [-0.05, 0) is 35.9 Å². The lowest BCUT2D eigenvalue weighted by Gasteiger charge is -2.03. The summed E-state index contributed by atoms with van der Waals surface area (Å²) < 4.78 is 6.67. The van der Waals surface area contributed by atoms with Gasteiger partial charge in [0.1, 0.15) is 5.82 Å². The molecule has 3 aromatic rings. The van der Waals surface area contributed by atoms with Crippen molar-refractivity contribution in [1.29, 1.82) is 0 Å². The Kier molecular flexibility index (Phi) is 3.97. The normalized spacial score (nSPS) is 11.0. The molecule has 0 bridgehead atoms. The maximum Gasteiger partial charge on any atom is 0.161 e. The molecule has 0 spiro atoms. The number of aromatic nitrogens is 3. The van der Waals surface area contributed by atoms with E-state index in [0.29, 0.717) is 23.1 Å². The Morgan fingerprint density at radius 1 is 1.17 bits per heavy atom. The first-order valence-corrected chi connectivity index (χ1v) is 6.99. The van der Waals surface area contributed by atoms with E-state index in [1.807, 2.05) is 30.4 Å². The monoisotopic (exact) mass is 308 g/mol. The van der Waals surface area contributed by atoms with Gasteiger partial charge in [-0.2, -0.15) is 9.78 Å². The van der Waals surface area contributed by atoms with Gasteiger partial charge in [0.15, 0.2) is 17.3 Å². The standard InChI is InChI=1S/C17H16N4O2/c1-23-15-10-12(6-8-14(15)22)5-7-13-11-16(18)21(20-13)17-4-2-3-9-19-17/h2-11,22H,18H2,1H3/b7-5+. The van der Waals surface area contributed by atoms with Gasteiger partial charge in [-0.1, -0.05) is 18.2 Å². The molecule has 2 aromatic heterocycles. The molecule has 0 saturated heterocycles. The molecule has 3 N–H and O–H groups in total. The van der Waals surface area contributed by atoms with Crippen molar-refractivity contribution in [3.63, 3.8) is 0 Å². The van der Waals surface area contributed by atoms with E-state index in [0.717, 1.165) is 5.56 Å². The zero-order valence-electron chi connectivity index (χ0n) is 12.5. The number of phenols is 1. The van der Waals surface area contributed by atoms with Crippen LogP contribution in [-0.4, -0.2) is 27.0 Å². The van der Waals surface area contributed by atoms with E-state index < -0.39 is 0 Å². The molecule has 0 unspecified atom stereocenters. The second-order valence-corrected chi connectivity index (χ2v) is 4.86. The molecule has 0 aliphatic carbocycles. The van der Waals surface area contributed by atoms with Crippen molar-refractivity contribution in [2.24, 2.45) is 0 Å². The Morgan fingerprint density at radius 3 is 2.78 bits per heavy atom. The number of phenolic OH excluding ortho intramolecular Hbond substituents is 1. The van der Waals surface area contributed by atoms with Crippen LogP contribution in [0.3, 0.4) is 0 Å². The minimum absolute atomic E-state index is 0.105. The van der Waals surface area contributed by atoms with E-state index in [4.69, 9.17) is 10.5 Å². The van der Waals surface area contributed by atoms with E-state index in [1.165, 1.54) is 7.11 Å². The van der Waals surface area contributed by atoms with Crippen LogP contribution in [0, 0.1) is 0 Å². The number of methoxy groups -OCH3 is 1. The lowest BCUT2D eigenvalue weighted by molar-refractivity contribution is 0.373. The molecule has 0 radical (unpaired) electrons. The van der Waals surface area contributed by atoms with Gasteiger partial charge in [0.25, 0.3) is 0 Å². The molecule has 0 saturated carbocycles. The number of pyridine rings is 1. The third kappa shape index (κ3) is 3.16. The van der Waals surface area contributed by atoms with Crippen LogP contribution in [0.2, 0.25) is 0 Å². The third-order valence-corrected chi connectivity index (χ3v) is 3.27. The van der Waals surface area contributed by atoms with E-state index in [9.17, 15) is 5.11 Å². The highest BCUT2D eigenvalue weighted by atomic mass is 16.5. The fourth-order valence-corrected chi connectivity index (χ4v) is 2.14. The minimum Gasteiger partial charge on any atom is -0.504 e. The fraction of sp³-hybridized carbons (Fsp3) is 0.0588. The molecular formula is C17H16N4O2. The van der Waals surface area contributed by atoms with Crippen LogP contribution in [0.4, 0.5) is 5.82 Å². The molecule has 23 heavy (non-hydrogen) atoms. The van der Waals surface area contributed by atoms with Crippen LogP contribution in [-0.2, 0) is 0 Å². The Balaban J connectivity index is 1.86. The first kappa shape index (κ1) is 14.6. The van der Waals surface area contributed by atoms with Crippen LogP contribution < -0.4 is 10.5 Å². The summed E-state index contributed by atoms with van der Waals surface area (Å²) >= 11 is 0. The SMILES string of the molecule is COc1cc(/C=C/c2cc(N)n(-c3ccccn3)n2)ccc1O. The lowest BCUT2D eigenvalue weighted by atomic mass is 10.2. The largest absolute Gasteiger partial charge is 0.504 e. The quantitative estimate of drug-likeness (QED) is 0.774. The lowest BCUT2D eigenvalue weighted by Crippen LogP contribution is -2.03. The number of ether oxygens (including phenoxy) is 1. The second kappa shape index (κ2) is 6.23. The van der Waals surface area contributed by atoms with Crippen LogP contribution in [0.25, 0.3) is 18.0 Å². The van der Waals surface area contributed by atoms with Crippen molar-refractivity contribution >= 4 is 18.0 Å². The predicted octanol–water partition coefficient (Wildman–Crippen LogP) is 2.73. The van der Waals surface area contributed by atoms with Gasteiger partial charge < -0.3 is 15.6 Å². The maximum absolute atomic E-state index is 9.60. The molecular weight excluding hydrogens is 292 g/mol. The molecule has 0 atom stereocenters. The van der Waals surface area contributed by atoms with Crippen molar-refractivity contribution in [2.45, 2.75) is 0 Å². The molecule has 0 aliphatic heterocycles. The Hall–Kier alpha value is -3.28. The number of hydrogen-bond donors (Lipinski definition) is 2. The summed E-state index contributed by atoms with van der Waals surface area (Å²) in [6, 6.07) is 12.4. The second-order valence-electron chi connectivity index (χ2n) is 4.86. The number of aromatic hydroxyl groups is 1. The Morgan fingerprint density at radius 2 is 2.04 bits per heavy atom. The summed E-state index contributed by atoms with van der Waals surface area (Å²) in [5.74, 6) is 1.70. The molecule has 2 heterocycles. The van der Waals surface area contributed by atoms with Crippen molar-refractivity contribution in [2.75, 3.05) is 12.8 Å². The highest BCUT2D eigenvalue weighted by Gasteiger charge is 2.06. The molecule has 3 rings (SSSR count). The number of hydrogen-bond acceptors (Lipinski definition) is 5. The molecule has 0 aliphatic rings. The van der Waals surface area contributed by atoms with E-state index >= 15 is 0 Å². The minimum atomic E-state index is 0.105. The molecule has 0 amide bonds. The summed E-state index contributed by atoms with van der Waals surface area (Å²) in [4.78, 5) is 4.23. The fourth-order valence-electron chi connectivity index (χ4n) is 2.14. The number of nitrogens with two attached hydrogens (primary N) is 1. The average Bonchev–Trinajstić information content (AvgIpc) is 2.96. The van der Waals surface area contributed by atoms with Crippen LogP contribution >= 0.6 is 0 Å². The zero-order valence-corrected chi connectivity index (χ0v) is 12.5. The van der Waals surface area contributed by atoms with E-state index in [2.05, 4.69) is 10.1 Å². The summed E-state index contributed by atoms with van der Waals surface area (Å²) in [6.45, 7) is 0. The summed E-state index contributed by atoms with van der Waals surface area (Å²) in [5.41, 5.74) is 7.57. The van der Waals surface area contributed by atoms with Gasteiger partial charge in [-0.25, -0.2) is 4.98 Å². The van der Waals surface area contributed by atoms with Crippen LogP contribution in [0.1, 0.15) is 11.3 Å². The van der Waals surface area contributed by atoms with Gasteiger partial charge in [-0.3, -0.25) is 0 Å². The van der Waals surface area contributed by atoms with Crippen LogP contribution in [0.15, 0.2) is 48.7 Å². The third-order valence-electron chi connectivity index (χ3n) is 3.27. The highest BCUT2D eigenvalue weighted by Crippen LogP contribution is 2.27. The predicted molar refractivity (Wildman–Crippen MR) is 89.4 cm³/mol. The topological polar surface area (TPSA) is 86.2 Å². The van der Waals surface area contributed by atoms with Gasteiger partial charge in [0.05, 0.1) is 12.8 Å². The van der Waals surface area contributed by atoms with Gasteiger partial charge in [0, 0.05) is 12.3 Å². The molecule has 6 heteroatoms. The zero-order chi connectivity index (χ0) is 16.2. The highest BCUT2D eigenvalue weighted by molar-refractivity contribution is 5.70. The van der Waals surface area contributed by atoms with Crippen molar-refractivity contribution in [3.05, 3.63) is 59.9 Å². The van der Waals surface area contributed by atoms with Crippen LogP contribution in [0.5, 0.6) is 11.5 Å². The van der Waals surface area contributed by atoms with Gasteiger partial charge >= 0.3 is 0 Å². The number of anilines is 1. The first-order valence-electron chi connectivity index (χ1n) is 6.99. The number of nitrogen functional groups attached to an aromatic ring is 1. The molecule has 6 nitrogen and oxygen atoms in total. The number of benzene rings is 1. The number of nitrogens with zero attached hydrogens (tertiary/aromatic N) is 3. The van der Waals surface area contributed by atoms with E-state index in [-0.39, 0.29) is 5.75 Å². The Bertz CT molecular complexity index is 841. The molecule has 1 aromatic carbocycles. The van der Waals surface area contributed by atoms with Crippen molar-refractivity contribution in [1.82, 2.24) is 14.8 Å². The van der Waals surface area contributed by atoms with Crippen molar-refractivity contribution < 1.29 is 9.84 Å². The summed E-state index contributed by atoms with van der Waals surface area (Å²) in [5, 5.41) is 14.0. The number of rotatable bonds is 4. The molecule has 0 fully saturated rings. The Labute approximate surface area is 133 Å². The van der Waals surface area contributed by atoms with Gasteiger partial charge in [0.2, 0.25) is 0 Å². The average molecular weight is 308 g/mol. The van der Waals surface area contributed by atoms with Crippen molar-refractivity contribution in [3.8, 4) is 17.3 Å². The molecule has 116 valence electrons.